The fourth-order valence-corrected chi connectivity index (χ4v) is 6.95. The van der Waals surface area contributed by atoms with Crippen LogP contribution in [0.4, 0.5) is 34.1 Å². The summed E-state index contributed by atoms with van der Waals surface area (Å²) in [7, 11) is 0. The monoisotopic (exact) mass is 700 g/mol. The predicted octanol–water partition coefficient (Wildman–Crippen LogP) is 14.8. The van der Waals surface area contributed by atoms with Crippen LogP contribution in [0.15, 0.2) is 158 Å². The Balaban J connectivity index is 1.04. The maximum absolute atomic E-state index is 2.35. The quantitative estimate of drug-likeness (QED) is 0.131. The van der Waals surface area contributed by atoms with Crippen LogP contribution in [0.25, 0.3) is 24.3 Å². The van der Waals surface area contributed by atoms with Gasteiger partial charge in [0.05, 0.1) is 0 Å². The molecule has 0 atom stereocenters. The second-order valence-electron chi connectivity index (χ2n) is 14.3. The molecule has 0 saturated heterocycles. The van der Waals surface area contributed by atoms with Crippen LogP contribution in [0.3, 0.4) is 0 Å². The lowest BCUT2D eigenvalue weighted by atomic mass is 10.0. The van der Waals surface area contributed by atoms with Crippen molar-refractivity contribution in [3.05, 3.63) is 213 Å². The Morgan fingerprint density at radius 2 is 0.537 bits per heavy atom. The molecule has 2 nitrogen and oxygen atoms in total. The summed E-state index contributed by atoms with van der Waals surface area (Å²) in [5.74, 6) is 0. The lowest BCUT2D eigenvalue weighted by Crippen LogP contribution is -2.11. The molecule has 0 bridgehead atoms. The molecule has 266 valence electrons. The van der Waals surface area contributed by atoms with Crippen LogP contribution in [0, 0.1) is 41.5 Å². The first-order valence-corrected chi connectivity index (χ1v) is 18.8. The van der Waals surface area contributed by atoms with Crippen molar-refractivity contribution in [1.82, 2.24) is 0 Å². The van der Waals surface area contributed by atoms with Crippen LogP contribution in [0.1, 0.15) is 55.6 Å². The van der Waals surface area contributed by atoms with Crippen LogP contribution >= 0.6 is 0 Å². The Kier molecular flexibility index (Phi) is 10.7. The van der Waals surface area contributed by atoms with Crippen molar-refractivity contribution in [2.45, 2.75) is 41.5 Å². The van der Waals surface area contributed by atoms with Gasteiger partial charge in [-0.2, -0.15) is 0 Å². The third-order valence-corrected chi connectivity index (χ3v) is 10.3. The number of rotatable bonds is 10. The number of anilines is 6. The van der Waals surface area contributed by atoms with E-state index in [0.717, 1.165) is 33.9 Å². The molecule has 7 aromatic carbocycles. The summed E-state index contributed by atoms with van der Waals surface area (Å²) in [5.41, 5.74) is 19.4. The molecule has 0 unspecified atom stereocenters. The number of nitrogens with zero attached hydrogens (tertiary/aromatic N) is 2. The zero-order chi connectivity index (χ0) is 37.6. The number of hydrogen-bond acceptors (Lipinski definition) is 2. The van der Waals surface area contributed by atoms with Crippen molar-refractivity contribution in [3.8, 4) is 0 Å². The van der Waals surface area contributed by atoms with Gasteiger partial charge in [0.15, 0.2) is 0 Å². The molecule has 0 aliphatic rings. The Bertz CT molecular complexity index is 2230. The molecule has 54 heavy (non-hydrogen) atoms. The maximum atomic E-state index is 2.35. The molecule has 7 rings (SSSR count). The molecule has 0 heterocycles. The molecule has 0 fully saturated rings. The highest BCUT2D eigenvalue weighted by atomic mass is 15.1. The number of para-hydroxylation sites is 2. The molecule has 0 amide bonds. The van der Waals surface area contributed by atoms with E-state index in [1.165, 1.54) is 55.9 Å². The number of hydrogen-bond donors (Lipinski definition) is 0. The Hall–Kier alpha value is -6.38. The van der Waals surface area contributed by atoms with Crippen molar-refractivity contribution in [3.63, 3.8) is 0 Å². The van der Waals surface area contributed by atoms with Crippen molar-refractivity contribution >= 4 is 58.4 Å². The normalized spacial score (nSPS) is 11.4. The standard InChI is InChI=1S/C52H48N2/c1-37-33-41(5)51(35-39(37)3)53(47-13-9-7-10-14-47)49-29-25-45(26-30-49)23-21-43-17-19-44(20-18-43)22-24-46-27-31-50(32-28-46)54(48-15-11-8-12-16-48)52-36-40(4)38(2)34-42(52)6/h7-36H,1-6H3. The first-order valence-electron chi connectivity index (χ1n) is 18.8. The highest BCUT2D eigenvalue weighted by Gasteiger charge is 2.17. The van der Waals surface area contributed by atoms with Gasteiger partial charge in [0.1, 0.15) is 0 Å². The molecule has 0 saturated carbocycles. The van der Waals surface area contributed by atoms with Gasteiger partial charge in [0.2, 0.25) is 0 Å². The van der Waals surface area contributed by atoms with Gasteiger partial charge in [-0.3, -0.25) is 0 Å². The maximum Gasteiger partial charge on any atom is 0.0493 e. The topological polar surface area (TPSA) is 6.48 Å². The SMILES string of the molecule is Cc1cc(C)c(N(c2ccccc2)c2ccc(C=Cc3ccc(C=Cc4ccc(N(c5ccccc5)c5cc(C)c(C)cc5C)cc4)cc3)cc2)cc1C. The first-order chi connectivity index (χ1) is 26.2. The van der Waals surface area contributed by atoms with Crippen molar-refractivity contribution in [1.29, 1.82) is 0 Å². The molecular formula is C52H48N2. The third kappa shape index (κ3) is 8.14. The van der Waals surface area contributed by atoms with Crippen molar-refractivity contribution < 1.29 is 0 Å². The summed E-state index contributed by atoms with van der Waals surface area (Å²) >= 11 is 0. The zero-order valence-electron chi connectivity index (χ0n) is 32.2. The molecule has 2 heteroatoms. The van der Waals surface area contributed by atoms with E-state index in [4.69, 9.17) is 0 Å². The second kappa shape index (κ2) is 16.1. The van der Waals surface area contributed by atoms with Gasteiger partial charge in [0, 0.05) is 34.1 Å². The summed E-state index contributed by atoms with van der Waals surface area (Å²) in [6, 6.07) is 56.7. The first kappa shape index (κ1) is 36.0. The Morgan fingerprint density at radius 1 is 0.278 bits per heavy atom. The fraction of sp³-hybridized carbons (Fsp3) is 0.115. The molecule has 0 radical (unpaired) electrons. The van der Waals surface area contributed by atoms with E-state index in [0.29, 0.717) is 0 Å². The number of aryl methyl sites for hydroxylation is 6. The average Bonchev–Trinajstić information content (AvgIpc) is 3.19. The van der Waals surface area contributed by atoms with Crippen LogP contribution in [-0.2, 0) is 0 Å². The summed E-state index contributed by atoms with van der Waals surface area (Å²) in [6.45, 7) is 13.1. The van der Waals surface area contributed by atoms with Gasteiger partial charge in [-0.1, -0.05) is 121 Å². The van der Waals surface area contributed by atoms with Gasteiger partial charge in [-0.15, -0.1) is 0 Å². The van der Waals surface area contributed by atoms with E-state index in [1.807, 2.05) is 0 Å². The van der Waals surface area contributed by atoms with Crippen molar-refractivity contribution in [2.75, 3.05) is 9.80 Å². The minimum absolute atomic E-state index is 1.14. The van der Waals surface area contributed by atoms with Crippen LogP contribution in [0.2, 0.25) is 0 Å². The summed E-state index contributed by atoms with van der Waals surface area (Å²) in [5, 5.41) is 0. The minimum Gasteiger partial charge on any atom is -0.310 e. The highest BCUT2D eigenvalue weighted by Crippen LogP contribution is 2.39. The molecule has 0 N–H and O–H groups in total. The van der Waals surface area contributed by atoms with E-state index in [2.05, 4.69) is 233 Å². The molecular weight excluding hydrogens is 653 g/mol. The van der Waals surface area contributed by atoms with Gasteiger partial charge in [-0.05, 0) is 158 Å². The fourth-order valence-electron chi connectivity index (χ4n) is 6.95. The summed E-state index contributed by atoms with van der Waals surface area (Å²) in [6.07, 6.45) is 8.73. The van der Waals surface area contributed by atoms with Gasteiger partial charge < -0.3 is 9.80 Å². The zero-order valence-corrected chi connectivity index (χ0v) is 32.2. The predicted molar refractivity (Wildman–Crippen MR) is 235 cm³/mol. The van der Waals surface area contributed by atoms with Gasteiger partial charge in [-0.25, -0.2) is 0 Å². The Morgan fingerprint density at radius 3 is 0.852 bits per heavy atom. The van der Waals surface area contributed by atoms with E-state index in [-0.39, 0.29) is 0 Å². The van der Waals surface area contributed by atoms with Gasteiger partial charge >= 0.3 is 0 Å². The van der Waals surface area contributed by atoms with E-state index >= 15 is 0 Å². The smallest absolute Gasteiger partial charge is 0.0493 e. The van der Waals surface area contributed by atoms with Crippen LogP contribution < -0.4 is 9.80 Å². The highest BCUT2D eigenvalue weighted by molar-refractivity contribution is 5.82. The third-order valence-electron chi connectivity index (χ3n) is 10.3. The molecule has 0 spiro atoms. The molecule has 7 aromatic rings. The average molecular weight is 701 g/mol. The van der Waals surface area contributed by atoms with E-state index in [1.54, 1.807) is 0 Å². The molecule has 0 aliphatic carbocycles. The Labute approximate surface area is 322 Å². The number of benzene rings is 7. The van der Waals surface area contributed by atoms with Crippen LogP contribution in [-0.4, -0.2) is 0 Å². The van der Waals surface area contributed by atoms with Gasteiger partial charge in [0.25, 0.3) is 0 Å². The van der Waals surface area contributed by atoms with E-state index < -0.39 is 0 Å². The van der Waals surface area contributed by atoms with E-state index in [9.17, 15) is 0 Å². The molecule has 0 aromatic heterocycles. The van der Waals surface area contributed by atoms with Crippen molar-refractivity contribution in [2.24, 2.45) is 0 Å². The minimum atomic E-state index is 1.14. The molecule has 0 aliphatic heterocycles. The van der Waals surface area contributed by atoms with Crippen LogP contribution in [0.5, 0.6) is 0 Å². The lowest BCUT2D eigenvalue weighted by molar-refractivity contribution is 1.21. The largest absolute Gasteiger partial charge is 0.310 e. The lowest BCUT2D eigenvalue weighted by Gasteiger charge is -2.28. The second-order valence-corrected chi connectivity index (χ2v) is 14.3. The summed E-state index contributed by atoms with van der Waals surface area (Å²) in [4.78, 5) is 4.70. The summed E-state index contributed by atoms with van der Waals surface area (Å²) < 4.78 is 0.